The number of aldehydes is 1. The Hall–Kier alpha value is -2.10. The van der Waals surface area contributed by atoms with Crippen LogP contribution in [0.3, 0.4) is 0 Å². The molecule has 0 bridgehead atoms. The van der Waals surface area contributed by atoms with E-state index < -0.39 is 5.82 Å². The van der Waals surface area contributed by atoms with E-state index in [9.17, 15) is 9.18 Å². The molecule has 0 N–H and O–H groups in total. The molecule has 2 aromatic carbocycles. The van der Waals surface area contributed by atoms with Crippen molar-refractivity contribution >= 4 is 17.1 Å². The van der Waals surface area contributed by atoms with Crippen molar-refractivity contribution in [2.75, 3.05) is 14.2 Å². The molecule has 0 aliphatic rings. The van der Waals surface area contributed by atoms with E-state index >= 15 is 0 Å². The lowest BCUT2D eigenvalue weighted by Gasteiger charge is -2.09. The molecule has 0 radical (unpaired) electrons. The molecule has 3 nitrogen and oxygen atoms in total. The molecule has 17 heavy (non-hydrogen) atoms. The lowest BCUT2D eigenvalue weighted by molar-refractivity contribution is 0.112. The standard InChI is InChI=1S/C13H11FO3/c1-16-9-5-11-10(12(14)6-9)3-8(7-15)4-13(11)17-2/h3-7H,1-2H3. The highest BCUT2D eigenvalue weighted by Crippen LogP contribution is 2.32. The molecular weight excluding hydrogens is 223 g/mol. The second-order valence-electron chi connectivity index (χ2n) is 3.55. The van der Waals surface area contributed by atoms with Crippen LogP contribution in [0.15, 0.2) is 24.3 Å². The summed E-state index contributed by atoms with van der Waals surface area (Å²) in [6.07, 6.45) is 0.658. The summed E-state index contributed by atoms with van der Waals surface area (Å²) in [6.45, 7) is 0. The van der Waals surface area contributed by atoms with Gasteiger partial charge in [-0.2, -0.15) is 0 Å². The van der Waals surface area contributed by atoms with Gasteiger partial charge in [0.1, 0.15) is 23.6 Å². The highest BCUT2D eigenvalue weighted by Gasteiger charge is 2.10. The molecule has 0 spiro atoms. The van der Waals surface area contributed by atoms with Crippen molar-refractivity contribution in [2.45, 2.75) is 0 Å². The first kappa shape index (κ1) is 11.4. The molecule has 4 heteroatoms. The van der Waals surface area contributed by atoms with Crippen molar-refractivity contribution in [3.05, 3.63) is 35.6 Å². The molecule has 2 aromatic rings. The van der Waals surface area contributed by atoms with Gasteiger partial charge in [-0.05, 0) is 18.2 Å². The van der Waals surface area contributed by atoms with Gasteiger partial charge >= 0.3 is 0 Å². The van der Waals surface area contributed by atoms with Gasteiger partial charge in [-0.15, -0.1) is 0 Å². The SMILES string of the molecule is COc1cc(F)c2cc(C=O)cc(OC)c2c1. The molecule has 88 valence electrons. The number of hydrogen-bond acceptors (Lipinski definition) is 3. The van der Waals surface area contributed by atoms with E-state index in [-0.39, 0.29) is 0 Å². The zero-order valence-corrected chi connectivity index (χ0v) is 9.49. The molecule has 0 aliphatic carbocycles. The van der Waals surface area contributed by atoms with Gasteiger partial charge in [0.05, 0.1) is 14.2 Å². The van der Waals surface area contributed by atoms with E-state index in [1.54, 1.807) is 12.1 Å². The molecule has 0 heterocycles. The normalized spacial score (nSPS) is 10.3. The molecule has 0 amide bonds. The van der Waals surface area contributed by atoms with Gasteiger partial charge in [0.15, 0.2) is 0 Å². The number of benzene rings is 2. The highest BCUT2D eigenvalue weighted by atomic mass is 19.1. The van der Waals surface area contributed by atoms with Crippen molar-refractivity contribution in [1.29, 1.82) is 0 Å². The summed E-state index contributed by atoms with van der Waals surface area (Å²) < 4.78 is 24.0. The Kier molecular flexibility index (Phi) is 2.95. The van der Waals surface area contributed by atoms with E-state index in [0.717, 1.165) is 0 Å². The van der Waals surface area contributed by atoms with Crippen LogP contribution in [0, 0.1) is 5.82 Å². The largest absolute Gasteiger partial charge is 0.497 e. The number of carbonyl (C=O) groups excluding carboxylic acids is 1. The summed E-state index contributed by atoms with van der Waals surface area (Å²) >= 11 is 0. The first-order chi connectivity index (χ1) is 8.19. The van der Waals surface area contributed by atoms with Crippen LogP contribution in [0.4, 0.5) is 4.39 Å². The fourth-order valence-corrected chi connectivity index (χ4v) is 1.74. The second kappa shape index (κ2) is 4.41. The molecular formula is C13H11FO3. The lowest BCUT2D eigenvalue weighted by Crippen LogP contribution is -1.92. The maximum absolute atomic E-state index is 13.8. The molecule has 0 saturated carbocycles. The quantitative estimate of drug-likeness (QED) is 0.766. The minimum atomic E-state index is -0.443. The average Bonchev–Trinajstić information content (AvgIpc) is 2.37. The Morgan fingerprint density at radius 2 is 1.82 bits per heavy atom. The summed E-state index contributed by atoms with van der Waals surface area (Å²) in [6, 6.07) is 6.00. The van der Waals surface area contributed by atoms with Crippen molar-refractivity contribution in [1.82, 2.24) is 0 Å². The van der Waals surface area contributed by atoms with Crippen LogP contribution in [0.5, 0.6) is 11.5 Å². The first-order valence-electron chi connectivity index (χ1n) is 5.00. The summed E-state index contributed by atoms with van der Waals surface area (Å²) in [5.41, 5.74) is 0.374. The van der Waals surface area contributed by atoms with Gasteiger partial charge in [0.2, 0.25) is 0 Å². The molecule has 0 aromatic heterocycles. The van der Waals surface area contributed by atoms with Gasteiger partial charge in [-0.3, -0.25) is 4.79 Å². The fourth-order valence-electron chi connectivity index (χ4n) is 1.74. The van der Waals surface area contributed by atoms with Crippen LogP contribution in [0.1, 0.15) is 10.4 Å². The maximum atomic E-state index is 13.8. The number of halogens is 1. The van der Waals surface area contributed by atoms with Crippen LogP contribution >= 0.6 is 0 Å². The Morgan fingerprint density at radius 3 is 2.41 bits per heavy atom. The number of carbonyl (C=O) groups is 1. The predicted molar refractivity (Wildman–Crippen MR) is 62.4 cm³/mol. The molecule has 2 rings (SSSR count). The molecule has 0 atom stereocenters. The molecule has 0 unspecified atom stereocenters. The number of rotatable bonds is 3. The zero-order valence-electron chi connectivity index (χ0n) is 9.49. The van der Waals surface area contributed by atoms with Gasteiger partial charge in [-0.25, -0.2) is 4.39 Å². The monoisotopic (exact) mass is 234 g/mol. The Labute approximate surface area is 97.8 Å². The van der Waals surface area contributed by atoms with Crippen molar-refractivity contribution in [3.63, 3.8) is 0 Å². The van der Waals surface area contributed by atoms with E-state index in [2.05, 4.69) is 0 Å². The maximum Gasteiger partial charge on any atom is 0.150 e. The zero-order chi connectivity index (χ0) is 12.4. The summed E-state index contributed by atoms with van der Waals surface area (Å²) in [5.74, 6) is 0.413. The number of hydrogen-bond donors (Lipinski definition) is 0. The third-order valence-electron chi connectivity index (χ3n) is 2.57. The van der Waals surface area contributed by atoms with E-state index in [4.69, 9.17) is 9.47 Å². The summed E-state index contributed by atoms with van der Waals surface area (Å²) in [5, 5.41) is 0.919. The van der Waals surface area contributed by atoms with Gasteiger partial charge < -0.3 is 9.47 Å². The molecule has 0 aliphatic heterocycles. The van der Waals surface area contributed by atoms with Gasteiger partial charge in [-0.1, -0.05) is 0 Å². The van der Waals surface area contributed by atoms with Crippen molar-refractivity contribution in [2.24, 2.45) is 0 Å². The third-order valence-corrected chi connectivity index (χ3v) is 2.57. The lowest BCUT2D eigenvalue weighted by atomic mass is 10.1. The van der Waals surface area contributed by atoms with Crippen LogP contribution < -0.4 is 9.47 Å². The van der Waals surface area contributed by atoms with E-state index in [1.807, 2.05) is 0 Å². The number of ether oxygens (including phenoxy) is 2. The fraction of sp³-hybridized carbons (Fsp3) is 0.154. The Balaban J connectivity index is 2.83. The third kappa shape index (κ3) is 1.93. The van der Waals surface area contributed by atoms with Crippen LogP contribution in [-0.4, -0.2) is 20.5 Å². The Bertz CT molecular complexity index is 578. The summed E-state index contributed by atoms with van der Waals surface area (Å²) in [7, 11) is 2.94. The predicted octanol–water partition coefficient (Wildman–Crippen LogP) is 2.81. The van der Waals surface area contributed by atoms with Gasteiger partial charge in [0.25, 0.3) is 0 Å². The first-order valence-corrected chi connectivity index (χ1v) is 5.00. The van der Waals surface area contributed by atoms with Gasteiger partial charge in [0, 0.05) is 22.4 Å². The minimum Gasteiger partial charge on any atom is -0.497 e. The highest BCUT2D eigenvalue weighted by molar-refractivity contribution is 5.94. The molecule has 0 fully saturated rings. The average molecular weight is 234 g/mol. The number of methoxy groups -OCH3 is 2. The molecule has 0 saturated heterocycles. The summed E-state index contributed by atoms with van der Waals surface area (Å²) in [4.78, 5) is 10.8. The van der Waals surface area contributed by atoms with Crippen molar-refractivity contribution in [3.8, 4) is 11.5 Å². The van der Waals surface area contributed by atoms with E-state index in [0.29, 0.717) is 34.1 Å². The van der Waals surface area contributed by atoms with Crippen LogP contribution in [-0.2, 0) is 0 Å². The van der Waals surface area contributed by atoms with Crippen LogP contribution in [0.25, 0.3) is 10.8 Å². The number of fused-ring (bicyclic) bond motifs is 1. The minimum absolute atomic E-state index is 0.340. The second-order valence-corrected chi connectivity index (χ2v) is 3.55. The smallest absolute Gasteiger partial charge is 0.150 e. The Morgan fingerprint density at radius 1 is 1.06 bits per heavy atom. The van der Waals surface area contributed by atoms with E-state index in [1.165, 1.54) is 26.4 Å². The van der Waals surface area contributed by atoms with Crippen molar-refractivity contribution < 1.29 is 18.7 Å². The van der Waals surface area contributed by atoms with Crippen LogP contribution in [0.2, 0.25) is 0 Å². The topological polar surface area (TPSA) is 35.5 Å².